The van der Waals surface area contributed by atoms with E-state index < -0.39 is 10.0 Å². The fraction of sp³-hybridized carbons (Fsp3) is 0.500. The maximum atomic E-state index is 12.5. The zero-order valence-electron chi connectivity index (χ0n) is 10.7. The largest absolute Gasteiger partial charge is 0.380 e. The summed E-state index contributed by atoms with van der Waals surface area (Å²) >= 11 is 5.94. The molecule has 1 unspecified atom stereocenters. The molecule has 0 saturated carbocycles. The number of rotatable bonds is 4. The lowest BCUT2D eigenvalue weighted by Gasteiger charge is -2.22. The Kier molecular flexibility index (Phi) is 4.47. The molecule has 0 spiro atoms. The van der Waals surface area contributed by atoms with Gasteiger partial charge in [-0.15, -0.1) is 0 Å². The van der Waals surface area contributed by atoms with Crippen molar-refractivity contribution < 1.29 is 13.2 Å². The number of nitrogens with zero attached hydrogens (tertiary/aromatic N) is 1. The van der Waals surface area contributed by atoms with Crippen molar-refractivity contribution in [2.75, 3.05) is 20.3 Å². The van der Waals surface area contributed by atoms with Gasteiger partial charge in [0.25, 0.3) is 0 Å². The van der Waals surface area contributed by atoms with Crippen LogP contribution in [-0.4, -0.2) is 39.0 Å². The third kappa shape index (κ3) is 2.93. The Morgan fingerprint density at radius 3 is 2.84 bits per heavy atom. The summed E-state index contributed by atoms with van der Waals surface area (Å²) in [7, 11) is -1.96. The first kappa shape index (κ1) is 14.7. The van der Waals surface area contributed by atoms with Gasteiger partial charge in [0.05, 0.1) is 17.5 Å². The zero-order chi connectivity index (χ0) is 14.0. The minimum atomic E-state index is -3.53. The van der Waals surface area contributed by atoms with Crippen LogP contribution in [0.15, 0.2) is 23.1 Å². The van der Waals surface area contributed by atoms with E-state index in [0.29, 0.717) is 30.2 Å². The third-order valence-corrected chi connectivity index (χ3v) is 5.61. The second-order valence-electron chi connectivity index (χ2n) is 4.50. The molecule has 1 atom stereocenters. The first-order chi connectivity index (χ1) is 8.96. The number of sulfonamides is 1. The smallest absolute Gasteiger partial charge is 0.243 e. The summed E-state index contributed by atoms with van der Waals surface area (Å²) in [6.45, 7) is 1.24. The van der Waals surface area contributed by atoms with Crippen molar-refractivity contribution in [1.29, 1.82) is 0 Å². The monoisotopic (exact) mass is 304 g/mol. The number of benzene rings is 1. The van der Waals surface area contributed by atoms with E-state index in [1.54, 1.807) is 13.1 Å². The van der Waals surface area contributed by atoms with Gasteiger partial charge in [0.15, 0.2) is 0 Å². The minimum absolute atomic E-state index is 0.109. The van der Waals surface area contributed by atoms with Crippen LogP contribution < -0.4 is 5.73 Å². The van der Waals surface area contributed by atoms with Crippen LogP contribution in [0.4, 0.5) is 0 Å². The van der Waals surface area contributed by atoms with Gasteiger partial charge in [0.2, 0.25) is 10.0 Å². The van der Waals surface area contributed by atoms with E-state index in [-0.39, 0.29) is 17.5 Å². The fourth-order valence-corrected chi connectivity index (χ4v) is 3.66. The molecule has 1 aromatic carbocycles. The molecule has 2 N–H and O–H groups in total. The molecule has 106 valence electrons. The Morgan fingerprint density at radius 2 is 2.26 bits per heavy atom. The SMILES string of the molecule is CN(C1CCOC1)S(=O)(=O)c1ccc(Cl)c(CN)c1. The van der Waals surface area contributed by atoms with Crippen molar-refractivity contribution in [2.24, 2.45) is 5.73 Å². The van der Waals surface area contributed by atoms with Gasteiger partial charge in [-0.25, -0.2) is 8.42 Å². The highest BCUT2D eigenvalue weighted by atomic mass is 35.5. The van der Waals surface area contributed by atoms with Crippen molar-refractivity contribution in [3.05, 3.63) is 28.8 Å². The standard InChI is InChI=1S/C12H17ClN2O3S/c1-15(10-4-5-18-8-10)19(16,17)11-2-3-12(13)9(6-11)7-14/h2-3,6,10H,4-5,7-8,14H2,1H3. The zero-order valence-corrected chi connectivity index (χ0v) is 12.2. The normalized spacial score (nSPS) is 20.1. The summed E-state index contributed by atoms with van der Waals surface area (Å²) in [5.74, 6) is 0. The van der Waals surface area contributed by atoms with E-state index in [2.05, 4.69) is 0 Å². The van der Waals surface area contributed by atoms with Crippen LogP contribution in [0, 0.1) is 0 Å². The maximum absolute atomic E-state index is 12.5. The molecule has 0 amide bonds. The van der Waals surface area contributed by atoms with Crippen LogP contribution in [0.1, 0.15) is 12.0 Å². The lowest BCUT2D eigenvalue weighted by atomic mass is 10.2. The summed E-state index contributed by atoms with van der Waals surface area (Å²) < 4.78 is 31.6. The van der Waals surface area contributed by atoms with Gasteiger partial charge in [-0.05, 0) is 30.2 Å². The van der Waals surface area contributed by atoms with E-state index in [9.17, 15) is 8.42 Å². The molecule has 1 aliphatic rings. The van der Waals surface area contributed by atoms with E-state index in [4.69, 9.17) is 22.1 Å². The van der Waals surface area contributed by atoms with Crippen LogP contribution in [0.2, 0.25) is 5.02 Å². The van der Waals surface area contributed by atoms with Gasteiger partial charge >= 0.3 is 0 Å². The van der Waals surface area contributed by atoms with Crippen molar-refractivity contribution in [2.45, 2.75) is 23.9 Å². The van der Waals surface area contributed by atoms with Crippen LogP contribution in [0.5, 0.6) is 0 Å². The topological polar surface area (TPSA) is 72.6 Å². The van der Waals surface area contributed by atoms with Gasteiger partial charge in [0.1, 0.15) is 0 Å². The molecule has 1 heterocycles. The maximum Gasteiger partial charge on any atom is 0.243 e. The summed E-state index contributed by atoms with van der Waals surface area (Å²) in [6.07, 6.45) is 0.715. The van der Waals surface area contributed by atoms with Crippen molar-refractivity contribution in [3.8, 4) is 0 Å². The van der Waals surface area contributed by atoms with Gasteiger partial charge in [-0.2, -0.15) is 4.31 Å². The Balaban J connectivity index is 2.33. The first-order valence-corrected chi connectivity index (χ1v) is 7.83. The average Bonchev–Trinajstić information content (AvgIpc) is 2.91. The van der Waals surface area contributed by atoms with Gasteiger partial charge in [0, 0.05) is 25.2 Å². The van der Waals surface area contributed by atoms with Gasteiger partial charge in [-0.3, -0.25) is 0 Å². The Morgan fingerprint density at radius 1 is 1.53 bits per heavy atom. The molecule has 0 radical (unpaired) electrons. The van der Waals surface area contributed by atoms with Crippen molar-refractivity contribution in [3.63, 3.8) is 0 Å². The van der Waals surface area contributed by atoms with E-state index in [1.807, 2.05) is 0 Å². The second-order valence-corrected chi connectivity index (χ2v) is 6.90. The summed E-state index contributed by atoms with van der Waals surface area (Å²) in [6, 6.07) is 4.49. The van der Waals surface area contributed by atoms with Gasteiger partial charge < -0.3 is 10.5 Å². The molecule has 0 bridgehead atoms. The van der Waals surface area contributed by atoms with Crippen LogP contribution >= 0.6 is 11.6 Å². The highest BCUT2D eigenvalue weighted by molar-refractivity contribution is 7.89. The molecular weight excluding hydrogens is 288 g/mol. The molecule has 1 aromatic rings. The lowest BCUT2D eigenvalue weighted by Crippen LogP contribution is -2.37. The average molecular weight is 305 g/mol. The number of ether oxygens (including phenoxy) is 1. The minimum Gasteiger partial charge on any atom is -0.380 e. The Labute approximate surface area is 118 Å². The van der Waals surface area contributed by atoms with Crippen molar-refractivity contribution in [1.82, 2.24) is 4.31 Å². The molecular formula is C12H17ClN2O3S. The summed E-state index contributed by atoms with van der Waals surface area (Å²) in [5, 5.41) is 0.480. The molecule has 1 saturated heterocycles. The highest BCUT2D eigenvalue weighted by Crippen LogP contribution is 2.24. The molecule has 1 aliphatic heterocycles. The van der Waals surface area contributed by atoms with Crippen molar-refractivity contribution >= 4 is 21.6 Å². The first-order valence-electron chi connectivity index (χ1n) is 6.01. The molecule has 1 fully saturated rings. The number of hydrogen-bond acceptors (Lipinski definition) is 4. The molecule has 19 heavy (non-hydrogen) atoms. The number of halogens is 1. The second kappa shape index (κ2) is 5.76. The van der Waals surface area contributed by atoms with Crippen LogP contribution in [0.25, 0.3) is 0 Å². The van der Waals surface area contributed by atoms with E-state index in [1.165, 1.54) is 16.4 Å². The highest BCUT2D eigenvalue weighted by Gasteiger charge is 2.30. The summed E-state index contributed by atoms with van der Waals surface area (Å²) in [5.41, 5.74) is 6.17. The predicted octanol–water partition coefficient (Wildman–Crippen LogP) is 1.21. The number of likely N-dealkylation sites (N-methyl/N-ethyl adjacent to an activating group) is 1. The van der Waals surface area contributed by atoms with Gasteiger partial charge in [-0.1, -0.05) is 11.6 Å². The number of nitrogens with two attached hydrogens (primary N) is 1. The predicted molar refractivity (Wildman–Crippen MR) is 73.5 cm³/mol. The molecule has 0 aromatic heterocycles. The quantitative estimate of drug-likeness (QED) is 0.907. The van der Waals surface area contributed by atoms with Crippen LogP contribution in [0.3, 0.4) is 0 Å². The lowest BCUT2D eigenvalue weighted by molar-refractivity contribution is 0.181. The Hall–Kier alpha value is -0.660. The molecule has 0 aliphatic carbocycles. The molecule has 2 rings (SSSR count). The fourth-order valence-electron chi connectivity index (χ4n) is 2.04. The van der Waals surface area contributed by atoms with E-state index in [0.717, 1.165) is 0 Å². The molecule has 7 heteroatoms. The van der Waals surface area contributed by atoms with E-state index >= 15 is 0 Å². The summed E-state index contributed by atoms with van der Waals surface area (Å²) in [4.78, 5) is 0.215. The molecule has 5 nitrogen and oxygen atoms in total. The number of hydrogen-bond donors (Lipinski definition) is 1. The Bertz CT molecular complexity index is 556. The third-order valence-electron chi connectivity index (χ3n) is 3.33. The van der Waals surface area contributed by atoms with Crippen LogP contribution in [-0.2, 0) is 21.3 Å².